The number of carbonyl (C=O) groups is 5. The highest BCUT2D eigenvalue weighted by Crippen LogP contribution is 2.45. The average Bonchev–Trinajstić information content (AvgIpc) is 3.55. The van der Waals surface area contributed by atoms with Crippen molar-refractivity contribution in [1.29, 1.82) is 0 Å². The highest BCUT2D eigenvalue weighted by molar-refractivity contribution is 8.00. The number of Topliss-reactive ketones (excluding diaryl/α,β-unsaturated/α-hetero) is 1. The third-order valence-corrected chi connectivity index (χ3v) is 11.6. The molecule has 19 heteroatoms. The van der Waals surface area contributed by atoms with E-state index in [1.807, 2.05) is 4.57 Å². The Hall–Kier alpha value is -5.20. The minimum absolute atomic E-state index is 0.0307. The molecule has 0 unspecified atom stereocenters. The van der Waals surface area contributed by atoms with Crippen molar-refractivity contribution < 1.29 is 53.8 Å². The molecule has 0 saturated carbocycles. The van der Waals surface area contributed by atoms with Gasteiger partial charge in [0.05, 0.1) is 33.5 Å². The molecule has 6 rings (SSSR count). The van der Waals surface area contributed by atoms with Gasteiger partial charge in [-0.15, -0.1) is 23.1 Å². The summed E-state index contributed by atoms with van der Waals surface area (Å²) in [4.78, 5) is 74.7. The molecule has 1 saturated heterocycles. The molecule has 3 aliphatic rings. The summed E-state index contributed by atoms with van der Waals surface area (Å²) in [6, 6.07) is 4.16. The molecule has 0 spiro atoms. The Kier molecular flexibility index (Phi) is 10.4. The maximum absolute atomic E-state index is 13.6. The number of thiazole rings is 1. The number of β-lactam (4-membered cyclic amide) rings is 1. The number of benzene rings is 1. The molecule has 3 aromatic rings. The Morgan fingerprint density at radius 1 is 1.21 bits per heavy atom. The number of aromatic nitrogens is 2. The van der Waals surface area contributed by atoms with Crippen LogP contribution in [0.25, 0.3) is 0 Å². The largest absolute Gasteiger partial charge is 0.546 e. The van der Waals surface area contributed by atoms with Crippen molar-refractivity contribution >= 4 is 80.8 Å². The van der Waals surface area contributed by atoms with Gasteiger partial charge in [-0.25, -0.2) is 9.78 Å². The van der Waals surface area contributed by atoms with E-state index in [-0.39, 0.29) is 51.5 Å². The van der Waals surface area contributed by atoms with E-state index in [9.17, 15) is 44.4 Å². The number of nitrogens with zero attached hydrogens (tertiary/aromatic N) is 4. The number of nitrogens with one attached hydrogen (secondary N) is 1. The number of phenols is 2. The highest BCUT2D eigenvalue weighted by Gasteiger charge is 2.54. The first-order valence-electron chi connectivity index (χ1n) is 16.3. The van der Waals surface area contributed by atoms with Crippen LogP contribution in [0.4, 0.5) is 10.8 Å². The van der Waals surface area contributed by atoms with Gasteiger partial charge in [0.2, 0.25) is 5.91 Å². The lowest BCUT2D eigenvalue weighted by Gasteiger charge is -2.49. The number of phenolic OH excluding ortho intramolecular Hbond substituents is 2. The van der Waals surface area contributed by atoms with Crippen LogP contribution in [0.2, 0.25) is 5.02 Å². The number of nitrogen functional groups attached to an aromatic ring is 1. The second-order valence-electron chi connectivity index (χ2n) is 13.0. The minimum Gasteiger partial charge on any atom is -0.546 e. The lowest BCUT2D eigenvalue weighted by Crippen LogP contribution is -2.62. The number of anilines is 2. The zero-order valence-corrected chi connectivity index (χ0v) is 30.6. The summed E-state index contributed by atoms with van der Waals surface area (Å²) in [5.74, 6) is -6.41. The second kappa shape index (κ2) is 14.7. The summed E-state index contributed by atoms with van der Waals surface area (Å²) in [7, 11) is 0. The van der Waals surface area contributed by atoms with E-state index in [0.717, 1.165) is 41.5 Å². The normalized spacial score (nSPS) is 18.5. The summed E-state index contributed by atoms with van der Waals surface area (Å²) < 4.78 is 1.91. The number of carboxylic acids is 2. The predicted molar refractivity (Wildman–Crippen MR) is 190 cm³/mol. The highest BCUT2D eigenvalue weighted by atomic mass is 35.5. The molecule has 2 amide bonds. The molecule has 2 aliphatic heterocycles. The SMILES string of the molecule is CC(C)(O/N=C(/C(=O)C[C@@H]1C(=O)N2C(C(=O)O)=C(C[n+]3ccc(NC(=O)c4ccc(O)c(O)c4Cl)c4c3CCCC4)CS[C@H]12)c1csc(N)n1)C(=O)[O-]. The lowest BCUT2D eigenvalue weighted by atomic mass is 9.89. The fourth-order valence-electron chi connectivity index (χ4n) is 6.31. The fourth-order valence-corrected chi connectivity index (χ4v) is 8.51. The van der Waals surface area contributed by atoms with E-state index in [1.54, 1.807) is 12.3 Å². The number of halogens is 1. The Balaban J connectivity index is 1.22. The fraction of sp³-hybridized carbons (Fsp3) is 0.353. The van der Waals surface area contributed by atoms with Crippen molar-refractivity contribution in [3.8, 4) is 11.5 Å². The smallest absolute Gasteiger partial charge is 0.352 e. The Labute approximate surface area is 314 Å². The molecule has 1 aromatic carbocycles. The van der Waals surface area contributed by atoms with Gasteiger partial charge < -0.3 is 41.1 Å². The number of ketones is 1. The molecule has 1 fully saturated rings. The summed E-state index contributed by atoms with van der Waals surface area (Å²) in [6.45, 7) is 2.53. The van der Waals surface area contributed by atoms with Crippen LogP contribution in [-0.2, 0) is 43.4 Å². The number of carbonyl (C=O) groups excluding carboxylic acids is 4. The summed E-state index contributed by atoms with van der Waals surface area (Å²) >= 11 is 8.45. The van der Waals surface area contributed by atoms with Gasteiger partial charge in [0.1, 0.15) is 11.4 Å². The average molecular weight is 785 g/mol. The maximum Gasteiger partial charge on any atom is 0.352 e. The number of oxime groups is 1. The number of fused-ring (bicyclic) bond motifs is 2. The zero-order chi connectivity index (χ0) is 38.4. The van der Waals surface area contributed by atoms with E-state index < -0.39 is 57.9 Å². The number of aliphatic carboxylic acids is 2. The van der Waals surface area contributed by atoms with Gasteiger partial charge in [-0.1, -0.05) is 16.8 Å². The Bertz CT molecular complexity index is 2130. The van der Waals surface area contributed by atoms with Gasteiger partial charge in [-0.05, 0) is 45.2 Å². The molecular weight excluding hydrogens is 752 g/mol. The standard InChI is InChI=1S/C34H33ClN6O10S2/c1-34(2,32(49)50)51-39-25(20-14-53-33(36)38-20)23(43)11-18-29(46)41-26(31(47)48)15(13-52-30(18)41)12-40-10-9-19(16-5-3-4-6-21(16)40)37-28(45)17-7-8-22(42)27(44)24(17)35/h7-10,14,18,30H,3-6,11-13H2,1-2H3,(H6,36,38,39,42,43,44,45,47,48,49,50)/t18-,30-/m1/s1. The predicted octanol–water partition coefficient (Wildman–Crippen LogP) is 1.99. The molecule has 0 bridgehead atoms. The van der Waals surface area contributed by atoms with Crippen molar-refractivity contribution in [2.75, 3.05) is 16.8 Å². The molecular formula is C34H33ClN6O10S2. The van der Waals surface area contributed by atoms with Crippen LogP contribution in [0.3, 0.4) is 0 Å². The van der Waals surface area contributed by atoms with Crippen molar-refractivity contribution in [3.05, 3.63) is 68.6 Å². The monoisotopic (exact) mass is 784 g/mol. The Morgan fingerprint density at radius 3 is 2.62 bits per heavy atom. The van der Waals surface area contributed by atoms with Crippen LogP contribution in [-0.4, -0.2) is 77.2 Å². The van der Waals surface area contributed by atoms with Crippen molar-refractivity contribution in [2.24, 2.45) is 11.1 Å². The molecule has 278 valence electrons. The first kappa shape index (κ1) is 37.6. The third kappa shape index (κ3) is 7.25. The van der Waals surface area contributed by atoms with Crippen LogP contribution in [0.1, 0.15) is 60.4 Å². The van der Waals surface area contributed by atoms with E-state index >= 15 is 0 Å². The summed E-state index contributed by atoms with van der Waals surface area (Å²) in [5, 5.41) is 48.7. The van der Waals surface area contributed by atoms with Gasteiger partial charge in [-0.3, -0.25) is 19.3 Å². The van der Waals surface area contributed by atoms with Crippen molar-refractivity contribution in [1.82, 2.24) is 9.88 Å². The van der Waals surface area contributed by atoms with E-state index in [4.69, 9.17) is 22.2 Å². The molecule has 4 heterocycles. The molecule has 2 aromatic heterocycles. The van der Waals surface area contributed by atoms with Gasteiger partial charge >= 0.3 is 5.97 Å². The topological polar surface area (TPSA) is 249 Å². The van der Waals surface area contributed by atoms with E-state index in [0.29, 0.717) is 24.1 Å². The van der Waals surface area contributed by atoms with Crippen LogP contribution in [0.15, 0.2) is 46.2 Å². The van der Waals surface area contributed by atoms with Gasteiger partial charge in [-0.2, -0.15) is 4.57 Å². The number of nitrogens with two attached hydrogens (primary N) is 1. The van der Waals surface area contributed by atoms with Crippen molar-refractivity contribution in [3.63, 3.8) is 0 Å². The number of amides is 2. The molecule has 2 atom stereocenters. The Morgan fingerprint density at radius 2 is 1.94 bits per heavy atom. The lowest BCUT2D eigenvalue weighted by molar-refractivity contribution is -0.697. The minimum atomic E-state index is -1.88. The van der Waals surface area contributed by atoms with Crippen molar-refractivity contribution in [2.45, 2.75) is 63.5 Å². The number of pyridine rings is 1. The molecule has 53 heavy (non-hydrogen) atoms. The molecule has 16 nitrogen and oxygen atoms in total. The second-order valence-corrected chi connectivity index (χ2v) is 15.4. The number of aromatic hydroxyl groups is 2. The van der Waals surface area contributed by atoms with Crippen LogP contribution in [0.5, 0.6) is 11.5 Å². The molecule has 1 aliphatic carbocycles. The van der Waals surface area contributed by atoms with Crippen LogP contribution < -0.4 is 20.7 Å². The summed E-state index contributed by atoms with van der Waals surface area (Å²) in [6.07, 6.45) is 4.36. The van der Waals surface area contributed by atoms with Gasteiger partial charge in [0.25, 0.3) is 5.91 Å². The first-order chi connectivity index (χ1) is 25.1. The van der Waals surface area contributed by atoms with E-state index in [2.05, 4.69) is 15.5 Å². The number of carboxylic acid groups (broad SMARTS) is 2. The number of hydrogen-bond donors (Lipinski definition) is 5. The van der Waals surface area contributed by atoms with E-state index in [1.165, 1.54) is 42.0 Å². The zero-order valence-electron chi connectivity index (χ0n) is 28.3. The summed E-state index contributed by atoms with van der Waals surface area (Å²) in [5.41, 5.74) is 6.11. The van der Waals surface area contributed by atoms with Gasteiger partial charge in [0, 0.05) is 41.2 Å². The molecule has 6 N–H and O–H groups in total. The third-order valence-electron chi connectivity index (χ3n) is 9.13. The number of rotatable bonds is 12. The molecule has 0 radical (unpaired) electrons. The van der Waals surface area contributed by atoms with Crippen LogP contribution in [0, 0.1) is 5.92 Å². The first-order valence-corrected chi connectivity index (χ1v) is 18.6. The van der Waals surface area contributed by atoms with Crippen LogP contribution >= 0.6 is 34.7 Å². The van der Waals surface area contributed by atoms with Gasteiger partial charge in [0.15, 0.2) is 52.2 Å². The quantitative estimate of drug-likeness (QED) is 0.0580. The number of thioether (sulfide) groups is 1. The maximum atomic E-state index is 13.6. The number of hydrogen-bond acceptors (Lipinski definition) is 14.